The predicted molar refractivity (Wildman–Crippen MR) is 148 cm³/mol. The first kappa shape index (κ1) is 25.0. The summed E-state index contributed by atoms with van der Waals surface area (Å²) in [5.41, 5.74) is 2.75. The molecule has 3 aromatic carbocycles. The van der Waals surface area contributed by atoms with Gasteiger partial charge >= 0.3 is 5.91 Å². The highest BCUT2D eigenvalue weighted by Gasteiger charge is 2.48. The van der Waals surface area contributed by atoms with Gasteiger partial charge in [0.2, 0.25) is 0 Å². The van der Waals surface area contributed by atoms with Crippen LogP contribution in [0.15, 0.2) is 72.3 Å². The number of hydrogen-bond donors (Lipinski definition) is 1. The molecule has 1 unspecified atom stereocenters. The van der Waals surface area contributed by atoms with Gasteiger partial charge < -0.3 is 9.84 Å². The highest BCUT2D eigenvalue weighted by Crippen LogP contribution is 2.45. The Morgan fingerprint density at radius 3 is 2.41 bits per heavy atom. The van der Waals surface area contributed by atoms with E-state index in [9.17, 15) is 14.7 Å². The fraction of sp³-hybridized carbons (Fsp3) is 0.207. The summed E-state index contributed by atoms with van der Waals surface area (Å²) in [6, 6.07) is 19.2. The topological polar surface area (TPSA) is 79.7 Å². The Balaban J connectivity index is 1.72. The zero-order valence-corrected chi connectivity index (χ0v) is 22.4. The lowest BCUT2D eigenvalue weighted by Crippen LogP contribution is -2.29. The molecule has 0 radical (unpaired) electrons. The van der Waals surface area contributed by atoms with Crippen molar-refractivity contribution >= 4 is 55.7 Å². The summed E-state index contributed by atoms with van der Waals surface area (Å²) in [5.74, 6) is -1.49. The van der Waals surface area contributed by atoms with E-state index in [0.717, 1.165) is 15.8 Å². The zero-order valence-electron chi connectivity index (χ0n) is 20.8. The van der Waals surface area contributed by atoms with Gasteiger partial charge in [0.15, 0.2) is 5.13 Å². The Morgan fingerprint density at radius 2 is 1.76 bits per heavy atom. The minimum absolute atomic E-state index is 0.0165. The monoisotopic (exact) mass is 532 g/mol. The van der Waals surface area contributed by atoms with Gasteiger partial charge in [-0.3, -0.25) is 14.5 Å². The lowest BCUT2D eigenvalue weighted by atomic mass is 9.85. The van der Waals surface area contributed by atoms with Crippen molar-refractivity contribution in [1.82, 2.24) is 4.98 Å². The Kier molecular flexibility index (Phi) is 6.30. The number of aliphatic hydroxyl groups excluding tert-OH is 1. The first-order valence-corrected chi connectivity index (χ1v) is 12.9. The zero-order chi connectivity index (χ0) is 26.5. The number of para-hydroxylation sites is 1. The van der Waals surface area contributed by atoms with Crippen molar-refractivity contribution < 1.29 is 19.4 Å². The van der Waals surface area contributed by atoms with Crippen molar-refractivity contribution in [1.29, 1.82) is 0 Å². The summed E-state index contributed by atoms with van der Waals surface area (Å²) in [6.45, 7) is 6.34. The van der Waals surface area contributed by atoms with Gasteiger partial charge in [-0.1, -0.05) is 80.1 Å². The summed E-state index contributed by atoms with van der Waals surface area (Å²) in [4.78, 5) is 33.0. The normalized spacial score (nSPS) is 17.5. The molecule has 1 N–H and O–H groups in total. The number of anilines is 1. The third kappa shape index (κ3) is 4.38. The van der Waals surface area contributed by atoms with Crippen LogP contribution in [-0.2, 0) is 15.0 Å². The van der Waals surface area contributed by atoms with Crippen LogP contribution in [0.5, 0.6) is 5.75 Å². The summed E-state index contributed by atoms with van der Waals surface area (Å²) < 4.78 is 6.18. The number of methoxy groups -OCH3 is 1. The number of aliphatic hydroxyl groups is 1. The van der Waals surface area contributed by atoms with Gasteiger partial charge in [0.1, 0.15) is 11.5 Å². The standard InChI is InChI=1S/C29H25ClN2O4S/c1-29(2,3)18-12-9-16(10-13-18)24-23(25(33)17-11-14-19(30)21(15-17)36-4)26(34)27(35)32(24)28-31-20-7-5-6-8-22(20)37-28/h5-15,24,33H,1-4H3/b25-23+. The van der Waals surface area contributed by atoms with Crippen molar-refractivity contribution in [2.24, 2.45) is 0 Å². The molecule has 1 aromatic heterocycles. The fourth-order valence-corrected chi connectivity index (χ4v) is 5.62. The molecule has 188 valence electrons. The van der Waals surface area contributed by atoms with Gasteiger partial charge in [0, 0.05) is 5.56 Å². The fourth-order valence-electron chi connectivity index (χ4n) is 4.44. The summed E-state index contributed by atoms with van der Waals surface area (Å²) in [5, 5.41) is 12.2. The van der Waals surface area contributed by atoms with E-state index in [0.29, 0.717) is 27.0 Å². The van der Waals surface area contributed by atoms with Gasteiger partial charge in [0.25, 0.3) is 5.78 Å². The average Bonchev–Trinajstić information content (AvgIpc) is 3.42. The number of rotatable bonds is 4. The second-order valence-corrected chi connectivity index (χ2v) is 11.3. The second kappa shape index (κ2) is 9.32. The third-order valence-electron chi connectivity index (χ3n) is 6.45. The van der Waals surface area contributed by atoms with Gasteiger partial charge in [-0.15, -0.1) is 0 Å². The molecule has 5 rings (SSSR count). The third-order valence-corrected chi connectivity index (χ3v) is 7.80. The number of carbonyl (C=O) groups excluding carboxylic acids is 2. The van der Waals surface area contributed by atoms with Crippen molar-refractivity contribution in [2.45, 2.75) is 32.2 Å². The van der Waals surface area contributed by atoms with E-state index in [-0.39, 0.29) is 16.7 Å². The molecule has 0 spiro atoms. The molecule has 1 fully saturated rings. The predicted octanol–water partition coefficient (Wildman–Crippen LogP) is 6.88. The van der Waals surface area contributed by atoms with E-state index < -0.39 is 17.7 Å². The number of fused-ring (bicyclic) bond motifs is 1. The van der Waals surface area contributed by atoms with Crippen LogP contribution in [0, 0.1) is 0 Å². The summed E-state index contributed by atoms with van der Waals surface area (Å²) >= 11 is 7.50. The quantitative estimate of drug-likeness (QED) is 0.176. The number of aromatic nitrogens is 1. The molecule has 0 saturated carbocycles. The van der Waals surface area contributed by atoms with Crippen LogP contribution in [-0.4, -0.2) is 28.9 Å². The number of ether oxygens (including phenoxy) is 1. The molecule has 6 nitrogen and oxygen atoms in total. The minimum Gasteiger partial charge on any atom is -0.507 e. The van der Waals surface area contributed by atoms with E-state index in [1.54, 1.807) is 18.2 Å². The lowest BCUT2D eigenvalue weighted by Gasteiger charge is -2.24. The molecule has 0 bridgehead atoms. The maximum absolute atomic E-state index is 13.5. The Bertz CT molecular complexity index is 1530. The molecule has 1 amide bonds. The molecular weight excluding hydrogens is 508 g/mol. The van der Waals surface area contributed by atoms with Crippen LogP contribution >= 0.6 is 22.9 Å². The van der Waals surface area contributed by atoms with E-state index in [1.807, 2.05) is 48.5 Å². The first-order chi connectivity index (χ1) is 17.6. The van der Waals surface area contributed by atoms with Crippen LogP contribution in [0.25, 0.3) is 16.0 Å². The van der Waals surface area contributed by atoms with Crippen molar-refractivity contribution in [3.8, 4) is 5.75 Å². The van der Waals surface area contributed by atoms with Gasteiger partial charge in [-0.25, -0.2) is 4.98 Å². The van der Waals surface area contributed by atoms with Crippen LogP contribution in [0.3, 0.4) is 0 Å². The van der Waals surface area contributed by atoms with E-state index in [4.69, 9.17) is 16.3 Å². The minimum atomic E-state index is -0.865. The number of ketones is 1. The van der Waals surface area contributed by atoms with Crippen LogP contribution in [0.1, 0.15) is 43.5 Å². The smallest absolute Gasteiger partial charge is 0.301 e. The molecule has 1 aliphatic heterocycles. The van der Waals surface area contributed by atoms with E-state index >= 15 is 0 Å². The van der Waals surface area contributed by atoms with Crippen LogP contribution in [0.2, 0.25) is 5.02 Å². The molecule has 4 aromatic rings. The number of carbonyl (C=O) groups is 2. The van der Waals surface area contributed by atoms with Crippen LogP contribution in [0.4, 0.5) is 5.13 Å². The lowest BCUT2D eigenvalue weighted by molar-refractivity contribution is -0.132. The number of thiazole rings is 1. The molecule has 1 atom stereocenters. The molecule has 0 aliphatic carbocycles. The molecule has 1 aliphatic rings. The Labute approximate surface area is 223 Å². The highest BCUT2D eigenvalue weighted by atomic mass is 35.5. The molecule has 37 heavy (non-hydrogen) atoms. The number of Topliss-reactive ketones (excluding diaryl/α,β-unsaturated/α-hetero) is 1. The maximum Gasteiger partial charge on any atom is 0.301 e. The molecule has 2 heterocycles. The largest absolute Gasteiger partial charge is 0.507 e. The first-order valence-electron chi connectivity index (χ1n) is 11.7. The van der Waals surface area contributed by atoms with Gasteiger partial charge in [0.05, 0.1) is 34.0 Å². The van der Waals surface area contributed by atoms with E-state index in [1.165, 1.54) is 23.3 Å². The highest BCUT2D eigenvalue weighted by molar-refractivity contribution is 7.22. The van der Waals surface area contributed by atoms with Gasteiger partial charge in [-0.2, -0.15) is 0 Å². The number of amides is 1. The number of hydrogen-bond acceptors (Lipinski definition) is 6. The number of nitrogens with zero attached hydrogens (tertiary/aromatic N) is 2. The summed E-state index contributed by atoms with van der Waals surface area (Å²) in [7, 11) is 1.47. The summed E-state index contributed by atoms with van der Waals surface area (Å²) in [6.07, 6.45) is 0. The SMILES string of the molecule is COc1cc(/C(O)=C2\C(=O)C(=O)N(c3nc4ccccc4s3)C2c2ccc(C(C)(C)C)cc2)ccc1Cl. The molecular formula is C29H25ClN2O4S. The second-order valence-electron chi connectivity index (χ2n) is 9.85. The maximum atomic E-state index is 13.5. The number of halogens is 1. The molecule has 1 saturated heterocycles. The van der Waals surface area contributed by atoms with E-state index in [2.05, 4.69) is 25.8 Å². The van der Waals surface area contributed by atoms with Crippen molar-refractivity contribution in [3.63, 3.8) is 0 Å². The number of benzene rings is 3. The Hall–Kier alpha value is -3.68. The van der Waals surface area contributed by atoms with Crippen molar-refractivity contribution in [3.05, 3.63) is 94.0 Å². The van der Waals surface area contributed by atoms with Crippen molar-refractivity contribution in [2.75, 3.05) is 12.0 Å². The van der Waals surface area contributed by atoms with Crippen LogP contribution < -0.4 is 9.64 Å². The van der Waals surface area contributed by atoms with Gasteiger partial charge in [-0.05, 0) is 46.9 Å². The average molecular weight is 533 g/mol. The Morgan fingerprint density at radius 1 is 1.05 bits per heavy atom. The molecule has 8 heteroatoms.